The van der Waals surface area contributed by atoms with Crippen LogP contribution in [0.15, 0.2) is 42.5 Å². The van der Waals surface area contributed by atoms with E-state index >= 15 is 0 Å². The third kappa shape index (κ3) is 7.12. The molecule has 0 atom stereocenters. The van der Waals surface area contributed by atoms with E-state index in [4.69, 9.17) is 27.9 Å². The van der Waals surface area contributed by atoms with E-state index in [1.165, 1.54) is 0 Å². The third-order valence-corrected chi connectivity index (χ3v) is 4.55. The standard InChI is InChI=1S/C20H22Cl2N2O3/c1-14-13-15(8-9-17(14)21)27-12-4-7-19(25)23-10-11-24-20(26)16-5-2-3-6-18(16)22/h2-3,5-6,8-9,13H,4,7,10-12H2,1H3,(H,23,25)(H,24,26). The zero-order valence-corrected chi connectivity index (χ0v) is 16.6. The van der Waals surface area contributed by atoms with Gasteiger partial charge in [0.1, 0.15) is 5.75 Å². The Bertz CT molecular complexity index is 797. The summed E-state index contributed by atoms with van der Waals surface area (Å²) in [4.78, 5) is 23.8. The van der Waals surface area contributed by atoms with Crippen molar-refractivity contribution in [2.24, 2.45) is 0 Å². The molecular formula is C20H22Cl2N2O3. The lowest BCUT2D eigenvalue weighted by molar-refractivity contribution is -0.121. The number of halogens is 2. The minimum absolute atomic E-state index is 0.0853. The fourth-order valence-electron chi connectivity index (χ4n) is 2.34. The first kappa shape index (κ1) is 21.1. The molecule has 0 unspecified atom stereocenters. The smallest absolute Gasteiger partial charge is 0.252 e. The number of benzene rings is 2. The average Bonchev–Trinajstić information content (AvgIpc) is 2.65. The summed E-state index contributed by atoms with van der Waals surface area (Å²) < 4.78 is 5.60. The van der Waals surface area contributed by atoms with Gasteiger partial charge in [0, 0.05) is 24.5 Å². The zero-order valence-electron chi connectivity index (χ0n) is 15.1. The number of rotatable bonds is 9. The van der Waals surface area contributed by atoms with Crippen LogP contribution in [0.5, 0.6) is 5.75 Å². The molecule has 2 aromatic carbocycles. The van der Waals surface area contributed by atoms with Crippen LogP contribution < -0.4 is 15.4 Å². The second-order valence-corrected chi connectivity index (χ2v) is 6.76. The molecule has 0 aromatic heterocycles. The molecule has 144 valence electrons. The first-order valence-electron chi connectivity index (χ1n) is 8.66. The molecule has 0 radical (unpaired) electrons. The highest BCUT2D eigenvalue weighted by atomic mass is 35.5. The van der Waals surface area contributed by atoms with Crippen molar-refractivity contribution in [2.75, 3.05) is 19.7 Å². The topological polar surface area (TPSA) is 67.4 Å². The van der Waals surface area contributed by atoms with Gasteiger partial charge >= 0.3 is 0 Å². The molecule has 2 aromatic rings. The quantitative estimate of drug-likeness (QED) is 0.615. The Labute approximate surface area is 169 Å². The fraction of sp³-hybridized carbons (Fsp3) is 0.300. The van der Waals surface area contributed by atoms with E-state index < -0.39 is 0 Å². The van der Waals surface area contributed by atoms with Crippen LogP contribution in [-0.4, -0.2) is 31.5 Å². The van der Waals surface area contributed by atoms with E-state index in [2.05, 4.69) is 10.6 Å². The molecule has 0 heterocycles. The highest BCUT2D eigenvalue weighted by Crippen LogP contribution is 2.21. The normalized spacial score (nSPS) is 10.3. The minimum atomic E-state index is -0.262. The molecule has 0 aliphatic heterocycles. The Hall–Kier alpha value is -2.24. The van der Waals surface area contributed by atoms with Crippen LogP contribution in [0, 0.1) is 6.92 Å². The zero-order chi connectivity index (χ0) is 19.6. The molecular weight excluding hydrogens is 387 g/mol. The van der Waals surface area contributed by atoms with Crippen molar-refractivity contribution < 1.29 is 14.3 Å². The first-order chi connectivity index (χ1) is 13.0. The number of carbonyl (C=O) groups excluding carboxylic acids is 2. The predicted molar refractivity (Wildman–Crippen MR) is 108 cm³/mol. The molecule has 2 N–H and O–H groups in total. The third-order valence-electron chi connectivity index (χ3n) is 3.80. The van der Waals surface area contributed by atoms with Gasteiger partial charge in [-0.15, -0.1) is 0 Å². The highest BCUT2D eigenvalue weighted by molar-refractivity contribution is 6.33. The number of hydrogen-bond acceptors (Lipinski definition) is 3. The van der Waals surface area contributed by atoms with Gasteiger partial charge in [-0.2, -0.15) is 0 Å². The number of hydrogen-bond donors (Lipinski definition) is 2. The number of aryl methyl sites for hydroxylation is 1. The summed E-state index contributed by atoms with van der Waals surface area (Å²) in [6, 6.07) is 12.3. The molecule has 0 fully saturated rings. The van der Waals surface area contributed by atoms with Crippen molar-refractivity contribution in [1.82, 2.24) is 10.6 Å². The van der Waals surface area contributed by atoms with E-state index in [1.54, 1.807) is 36.4 Å². The lowest BCUT2D eigenvalue weighted by Crippen LogP contribution is -2.34. The van der Waals surface area contributed by atoms with Crippen molar-refractivity contribution in [3.63, 3.8) is 0 Å². The molecule has 0 saturated heterocycles. The van der Waals surface area contributed by atoms with Crippen LogP contribution in [0.2, 0.25) is 10.0 Å². The van der Waals surface area contributed by atoms with Gasteiger partial charge in [-0.25, -0.2) is 0 Å². The summed E-state index contributed by atoms with van der Waals surface area (Å²) in [5.41, 5.74) is 1.37. The minimum Gasteiger partial charge on any atom is -0.494 e. The summed E-state index contributed by atoms with van der Waals surface area (Å²) in [6.45, 7) is 3.04. The van der Waals surface area contributed by atoms with Gasteiger partial charge in [-0.1, -0.05) is 35.3 Å². The predicted octanol–water partition coefficient (Wildman–Crippen LogP) is 4.01. The van der Waals surface area contributed by atoms with Crippen LogP contribution in [0.4, 0.5) is 0 Å². The van der Waals surface area contributed by atoms with Crippen LogP contribution in [0.1, 0.15) is 28.8 Å². The van der Waals surface area contributed by atoms with E-state index in [0.717, 1.165) is 11.3 Å². The maximum absolute atomic E-state index is 12.0. The molecule has 0 aliphatic carbocycles. The molecule has 0 aliphatic rings. The number of amides is 2. The second kappa shape index (κ2) is 10.8. The van der Waals surface area contributed by atoms with Gasteiger partial charge in [0.05, 0.1) is 17.2 Å². The lowest BCUT2D eigenvalue weighted by atomic mass is 10.2. The molecule has 27 heavy (non-hydrogen) atoms. The summed E-state index contributed by atoms with van der Waals surface area (Å²) in [5.74, 6) is 0.388. The Balaban J connectivity index is 1.57. The van der Waals surface area contributed by atoms with Crippen LogP contribution >= 0.6 is 23.2 Å². The van der Waals surface area contributed by atoms with Gasteiger partial charge in [0.15, 0.2) is 0 Å². The highest BCUT2D eigenvalue weighted by Gasteiger charge is 2.08. The van der Waals surface area contributed by atoms with Crippen molar-refractivity contribution >= 4 is 35.0 Å². The second-order valence-electron chi connectivity index (χ2n) is 5.95. The summed E-state index contributed by atoms with van der Waals surface area (Å²) in [5, 5.41) is 6.58. The Morgan fingerprint density at radius 2 is 1.74 bits per heavy atom. The maximum atomic E-state index is 12.0. The van der Waals surface area contributed by atoms with Crippen LogP contribution in [0.3, 0.4) is 0 Å². The van der Waals surface area contributed by atoms with Crippen molar-refractivity contribution in [3.05, 3.63) is 63.6 Å². The SMILES string of the molecule is Cc1cc(OCCCC(=O)NCCNC(=O)c2ccccc2Cl)ccc1Cl. The van der Waals surface area contributed by atoms with E-state index in [9.17, 15) is 9.59 Å². The molecule has 7 heteroatoms. The molecule has 2 rings (SSSR count). The average molecular weight is 409 g/mol. The number of ether oxygens (including phenoxy) is 1. The number of nitrogens with one attached hydrogen (secondary N) is 2. The van der Waals surface area contributed by atoms with Crippen LogP contribution in [-0.2, 0) is 4.79 Å². The Morgan fingerprint density at radius 1 is 1.00 bits per heavy atom. The molecule has 2 amide bonds. The summed E-state index contributed by atoms with van der Waals surface area (Å²) in [6.07, 6.45) is 0.949. The van der Waals surface area contributed by atoms with Crippen molar-refractivity contribution in [2.45, 2.75) is 19.8 Å². The Kier molecular flexibility index (Phi) is 8.43. The fourth-order valence-corrected chi connectivity index (χ4v) is 2.68. The van der Waals surface area contributed by atoms with Crippen molar-refractivity contribution in [3.8, 4) is 5.75 Å². The van der Waals surface area contributed by atoms with E-state index in [0.29, 0.717) is 48.1 Å². The Morgan fingerprint density at radius 3 is 2.48 bits per heavy atom. The number of carbonyl (C=O) groups is 2. The van der Waals surface area contributed by atoms with Crippen LogP contribution in [0.25, 0.3) is 0 Å². The summed E-state index contributed by atoms with van der Waals surface area (Å²) >= 11 is 11.9. The van der Waals surface area contributed by atoms with Gasteiger partial charge < -0.3 is 15.4 Å². The van der Waals surface area contributed by atoms with Gasteiger partial charge in [-0.3, -0.25) is 9.59 Å². The van der Waals surface area contributed by atoms with Gasteiger partial charge in [0.25, 0.3) is 5.91 Å². The first-order valence-corrected chi connectivity index (χ1v) is 9.41. The van der Waals surface area contributed by atoms with Crippen molar-refractivity contribution in [1.29, 1.82) is 0 Å². The van der Waals surface area contributed by atoms with E-state index in [-0.39, 0.29) is 11.8 Å². The monoisotopic (exact) mass is 408 g/mol. The van der Waals surface area contributed by atoms with Gasteiger partial charge in [0.2, 0.25) is 5.91 Å². The lowest BCUT2D eigenvalue weighted by Gasteiger charge is -2.09. The maximum Gasteiger partial charge on any atom is 0.252 e. The molecule has 5 nitrogen and oxygen atoms in total. The summed E-state index contributed by atoms with van der Waals surface area (Å²) in [7, 11) is 0. The van der Waals surface area contributed by atoms with E-state index in [1.807, 2.05) is 13.0 Å². The largest absolute Gasteiger partial charge is 0.494 e. The van der Waals surface area contributed by atoms with Gasteiger partial charge in [-0.05, 0) is 49.2 Å². The molecule has 0 spiro atoms. The molecule has 0 saturated carbocycles. The molecule has 0 bridgehead atoms.